The van der Waals surface area contributed by atoms with Gasteiger partial charge in [0.2, 0.25) is 5.75 Å². The van der Waals surface area contributed by atoms with Crippen LogP contribution in [0.1, 0.15) is 242 Å². The summed E-state index contributed by atoms with van der Waals surface area (Å²) in [6.45, 7) is 17.0. The van der Waals surface area contributed by atoms with E-state index in [2.05, 4.69) is 46.9 Å². The molecule has 8 nitrogen and oxygen atoms in total. The van der Waals surface area contributed by atoms with Crippen LogP contribution >= 0.6 is 0 Å². The lowest BCUT2D eigenvalue weighted by Crippen LogP contribution is -2.28. The topological polar surface area (TPSA) is 95.5 Å². The summed E-state index contributed by atoms with van der Waals surface area (Å²) >= 11 is 0. The molecule has 0 aliphatic carbocycles. The molecule has 0 unspecified atom stereocenters. The second-order valence-corrected chi connectivity index (χ2v) is 23.1. The van der Waals surface area contributed by atoms with Crippen molar-refractivity contribution in [3.8, 4) is 23.0 Å². The minimum absolute atomic E-state index is 0.205. The SMILES string of the molecule is CC(C)CCCCCCCCCCOc1cc(C(=O)NCCOCCOc2ccc(C(O)(c3ccccc3)c3ccccc3)cc2)cc(OCCCCCCCCCCC(C)C)c1OCCCCCCCCCCC(C)C. The maximum atomic E-state index is 13.9. The fourth-order valence-corrected chi connectivity index (χ4v) is 10.1. The summed E-state index contributed by atoms with van der Waals surface area (Å²) in [7, 11) is 0. The third-order valence-corrected chi connectivity index (χ3v) is 14.8. The molecule has 0 aliphatic heterocycles. The third-order valence-electron chi connectivity index (χ3n) is 14.8. The summed E-state index contributed by atoms with van der Waals surface area (Å²) in [6, 6.07) is 30.7. The molecule has 0 aliphatic rings. The molecule has 4 aromatic carbocycles. The lowest BCUT2D eigenvalue weighted by molar-refractivity contribution is 0.0866. The highest BCUT2D eigenvalue weighted by Crippen LogP contribution is 2.40. The summed E-state index contributed by atoms with van der Waals surface area (Å²) in [5.74, 6) is 4.66. The van der Waals surface area contributed by atoms with Gasteiger partial charge in [-0.15, -0.1) is 0 Å². The predicted molar refractivity (Wildman–Crippen MR) is 322 cm³/mol. The van der Waals surface area contributed by atoms with Gasteiger partial charge in [-0.2, -0.15) is 0 Å². The van der Waals surface area contributed by atoms with Crippen molar-refractivity contribution in [1.82, 2.24) is 5.32 Å². The Labute approximate surface area is 469 Å². The molecule has 0 atom stereocenters. The number of hydrogen-bond acceptors (Lipinski definition) is 7. The zero-order valence-corrected chi connectivity index (χ0v) is 49.4. The molecule has 0 spiro atoms. The van der Waals surface area contributed by atoms with Crippen molar-refractivity contribution in [2.24, 2.45) is 17.8 Å². The van der Waals surface area contributed by atoms with E-state index in [0.29, 0.717) is 74.7 Å². The Morgan fingerprint density at radius 2 is 0.779 bits per heavy atom. The van der Waals surface area contributed by atoms with Gasteiger partial charge < -0.3 is 34.1 Å². The number of carbonyl (C=O) groups is 1. The molecule has 0 heterocycles. The monoisotopic (exact) mass is 1060 g/mol. The number of hydrogen-bond donors (Lipinski definition) is 2. The van der Waals surface area contributed by atoms with Gasteiger partial charge >= 0.3 is 0 Å². The van der Waals surface area contributed by atoms with E-state index < -0.39 is 5.60 Å². The first kappa shape index (κ1) is 65.0. The average molecular weight is 1060 g/mol. The van der Waals surface area contributed by atoms with Crippen LogP contribution in [0, 0.1) is 17.8 Å². The maximum Gasteiger partial charge on any atom is 0.251 e. The molecule has 0 fully saturated rings. The molecule has 0 radical (unpaired) electrons. The van der Waals surface area contributed by atoms with Crippen LogP contribution in [0.4, 0.5) is 0 Å². The van der Waals surface area contributed by atoms with Crippen LogP contribution in [0.25, 0.3) is 0 Å². The first-order chi connectivity index (χ1) is 37.6. The van der Waals surface area contributed by atoms with E-state index in [1.54, 1.807) is 0 Å². The molecule has 430 valence electrons. The number of carbonyl (C=O) groups excluding carboxylic acids is 1. The van der Waals surface area contributed by atoms with Gasteiger partial charge in [-0.1, -0.05) is 268 Å². The Bertz CT molecular complexity index is 1960. The Hall–Kier alpha value is -4.53. The van der Waals surface area contributed by atoms with Gasteiger partial charge in [0, 0.05) is 12.1 Å². The van der Waals surface area contributed by atoms with Crippen LogP contribution in [0.3, 0.4) is 0 Å². The van der Waals surface area contributed by atoms with E-state index >= 15 is 0 Å². The minimum Gasteiger partial charge on any atom is -0.491 e. The molecule has 0 saturated heterocycles. The summed E-state index contributed by atoms with van der Waals surface area (Å²) in [6.07, 6.45) is 33.6. The van der Waals surface area contributed by atoms with Crippen LogP contribution < -0.4 is 24.3 Å². The molecular weight excluding hydrogens is 955 g/mol. The second kappa shape index (κ2) is 40.6. The lowest BCUT2D eigenvalue weighted by Gasteiger charge is -2.30. The fourth-order valence-electron chi connectivity index (χ4n) is 10.1. The van der Waals surface area contributed by atoms with E-state index in [1.807, 2.05) is 97.1 Å². The summed E-state index contributed by atoms with van der Waals surface area (Å²) < 4.78 is 31.7. The molecule has 1 amide bonds. The smallest absolute Gasteiger partial charge is 0.251 e. The summed E-state index contributed by atoms with van der Waals surface area (Å²) in [5, 5.41) is 15.2. The second-order valence-electron chi connectivity index (χ2n) is 23.1. The van der Waals surface area contributed by atoms with Crippen molar-refractivity contribution in [3.63, 3.8) is 0 Å². The van der Waals surface area contributed by atoms with Crippen molar-refractivity contribution in [3.05, 3.63) is 119 Å². The highest BCUT2D eigenvalue weighted by atomic mass is 16.5. The Kier molecular flexibility index (Phi) is 34.3. The molecule has 8 heteroatoms. The van der Waals surface area contributed by atoms with Gasteiger partial charge in [-0.05, 0) is 78.0 Å². The first-order valence-electron chi connectivity index (χ1n) is 31.1. The molecule has 4 aromatic rings. The number of aliphatic hydroxyl groups is 1. The molecule has 0 aromatic heterocycles. The lowest BCUT2D eigenvalue weighted by atomic mass is 9.80. The normalized spacial score (nSPS) is 11.7. The van der Waals surface area contributed by atoms with Gasteiger partial charge in [0.15, 0.2) is 11.5 Å². The first-order valence-corrected chi connectivity index (χ1v) is 31.1. The third kappa shape index (κ3) is 27.8. The van der Waals surface area contributed by atoms with Gasteiger partial charge in [-0.3, -0.25) is 4.79 Å². The zero-order valence-electron chi connectivity index (χ0n) is 49.4. The Balaban J connectivity index is 1.32. The van der Waals surface area contributed by atoms with Crippen molar-refractivity contribution in [2.75, 3.05) is 46.2 Å². The fraction of sp³-hybridized carbons (Fsp3) is 0.638. The summed E-state index contributed by atoms with van der Waals surface area (Å²) in [4.78, 5) is 13.9. The van der Waals surface area contributed by atoms with Gasteiger partial charge in [0.05, 0.1) is 33.0 Å². The molecule has 0 saturated carbocycles. The van der Waals surface area contributed by atoms with Crippen LogP contribution in [0.5, 0.6) is 23.0 Å². The largest absolute Gasteiger partial charge is 0.491 e. The molecule has 0 bridgehead atoms. The standard InChI is InChI=1S/C69H107NO7/c1-57(2)37-27-19-13-7-10-16-22-34-49-75-65-55-60(56-66(76-50-35-23-17-11-8-14-20-28-38-58(3)4)67(65)77-51-36-24-18-12-9-15-21-29-39-59(5)6)68(71)70-48-52-73-53-54-74-64-46-44-63(45-47-64)69(72,61-40-30-25-31-41-61)62-42-32-26-33-43-62/h25-26,30-33,40-47,55-59,72H,7-24,27-29,34-39,48-54H2,1-6H3,(H,70,71). The van der Waals surface area contributed by atoms with Crippen LogP contribution in [0.15, 0.2) is 97.1 Å². The molecule has 4 rings (SSSR count). The number of rotatable bonds is 47. The minimum atomic E-state index is -1.31. The number of nitrogens with one attached hydrogen (secondary N) is 1. The van der Waals surface area contributed by atoms with Crippen molar-refractivity contribution in [1.29, 1.82) is 0 Å². The van der Waals surface area contributed by atoms with E-state index in [9.17, 15) is 9.90 Å². The van der Waals surface area contributed by atoms with E-state index in [1.165, 1.54) is 135 Å². The highest BCUT2D eigenvalue weighted by molar-refractivity contribution is 5.95. The molecule has 77 heavy (non-hydrogen) atoms. The zero-order chi connectivity index (χ0) is 55.0. The number of ether oxygens (including phenoxy) is 5. The molecular formula is C69H107NO7. The van der Waals surface area contributed by atoms with E-state index in [0.717, 1.165) is 73.0 Å². The average Bonchev–Trinajstić information content (AvgIpc) is 3.44. The number of amides is 1. The van der Waals surface area contributed by atoms with Crippen LogP contribution in [0.2, 0.25) is 0 Å². The van der Waals surface area contributed by atoms with Gasteiger partial charge in [-0.25, -0.2) is 0 Å². The maximum absolute atomic E-state index is 13.9. The van der Waals surface area contributed by atoms with Crippen LogP contribution in [-0.4, -0.2) is 57.2 Å². The molecule has 2 N–H and O–H groups in total. The highest BCUT2D eigenvalue weighted by Gasteiger charge is 2.33. The predicted octanol–water partition coefficient (Wildman–Crippen LogP) is 18.4. The van der Waals surface area contributed by atoms with Crippen molar-refractivity contribution < 1.29 is 33.6 Å². The van der Waals surface area contributed by atoms with Crippen LogP contribution in [-0.2, 0) is 10.3 Å². The van der Waals surface area contributed by atoms with Crippen molar-refractivity contribution in [2.45, 2.75) is 221 Å². The number of benzene rings is 4. The van der Waals surface area contributed by atoms with Gasteiger partial charge in [0.25, 0.3) is 5.91 Å². The quantitative estimate of drug-likeness (QED) is 0.0336. The number of unbranched alkanes of at least 4 members (excludes halogenated alkanes) is 21. The summed E-state index contributed by atoms with van der Waals surface area (Å²) in [5.41, 5.74) is 1.52. The Morgan fingerprint density at radius 1 is 0.416 bits per heavy atom. The van der Waals surface area contributed by atoms with E-state index in [4.69, 9.17) is 23.7 Å². The van der Waals surface area contributed by atoms with Crippen molar-refractivity contribution >= 4 is 5.91 Å². The van der Waals surface area contributed by atoms with E-state index in [-0.39, 0.29) is 5.91 Å². The Morgan fingerprint density at radius 3 is 1.18 bits per heavy atom. The van der Waals surface area contributed by atoms with Gasteiger partial charge in [0.1, 0.15) is 18.0 Å².